The second kappa shape index (κ2) is 7.46. The Kier molecular flexibility index (Phi) is 8.24. The molecule has 130 valence electrons. The van der Waals surface area contributed by atoms with E-state index in [4.69, 9.17) is 4.74 Å². The molecule has 2 nitrogen and oxygen atoms in total. The van der Waals surface area contributed by atoms with Crippen LogP contribution in [0.3, 0.4) is 0 Å². The Balaban J connectivity index is 0. The Hall–Kier alpha value is -0.0800. The van der Waals surface area contributed by atoms with E-state index in [1.165, 1.54) is 0 Å². The molecule has 0 aromatic rings. The Morgan fingerprint density at radius 3 is 0.810 bits per heavy atom. The van der Waals surface area contributed by atoms with E-state index in [0.29, 0.717) is 6.10 Å². The van der Waals surface area contributed by atoms with Crippen molar-refractivity contribution in [2.75, 3.05) is 7.11 Å². The summed E-state index contributed by atoms with van der Waals surface area (Å²) in [6.45, 7) is 25.6. The lowest BCUT2D eigenvalue weighted by Gasteiger charge is -2.39. The van der Waals surface area contributed by atoms with E-state index in [-0.39, 0.29) is 27.8 Å². The van der Waals surface area contributed by atoms with Gasteiger partial charge in [-0.2, -0.15) is 0 Å². The van der Waals surface area contributed by atoms with Crippen molar-refractivity contribution >= 4 is 0 Å². The maximum Gasteiger partial charge on any atom is 0.0667 e. The van der Waals surface area contributed by atoms with Crippen molar-refractivity contribution in [1.82, 2.24) is 0 Å². The van der Waals surface area contributed by atoms with Crippen LogP contribution in [0.2, 0.25) is 0 Å². The van der Waals surface area contributed by atoms with Crippen molar-refractivity contribution in [2.24, 2.45) is 21.7 Å². The second-order valence-electron chi connectivity index (χ2n) is 10.5. The molecular weight excluding hydrogens is 260 g/mol. The standard InChI is InChI=1S/C10H22O.C9H20O/c1-9(2,3)8(11-7)10(4,5)6;1-8(2,3)7(10)9(4,5)6/h8H,1-7H3;7,10H,1-6H3. The highest BCUT2D eigenvalue weighted by Gasteiger charge is 2.34. The van der Waals surface area contributed by atoms with Gasteiger partial charge in [0.15, 0.2) is 0 Å². The number of rotatable bonds is 1. The predicted octanol–water partition coefficient (Wildman–Crippen LogP) is 5.53. The molecule has 1 N–H and O–H groups in total. The molecule has 0 aliphatic heterocycles. The summed E-state index contributed by atoms with van der Waals surface area (Å²) in [4.78, 5) is 0. The molecular formula is C19H42O2. The van der Waals surface area contributed by atoms with Crippen LogP contribution in [-0.2, 0) is 4.74 Å². The number of aliphatic hydroxyl groups excluding tert-OH is 1. The fourth-order valence-electron chi connectivity index (χ4n) is 3.31. The van der Waals surface area contributed by atoms with Gasteiger partial charge in [-0.3, -0.25) is 0 Å². The monoisotopic (exact) mass is 302 g/mol. The molecule has 21 heavy (non-hydrogen) atoms. The summed E-state index contributed by atoms with van der Waals surface area (Å²) in [5.74, 6) is 0. The third-order valence-electron chi connectivity index (χ3n) is 3.45. The van der Waals surface area contributed by atoms with Crippen molar-refractivity contribution in [3.8, 4) is 0 Å². The fourth-order valence-corrected chi connectivity index (χ4v) is 3.31. The topological polar surface area (TPSA) is 29.5 Å². The van der Waals surface area contributed by atoms with Crippen LogP contribution in [0.4, 0.5) is 0 Å². The number of hydrogen-bond acceptors (Lipinski definition) is 2. The summed E-state index contributed by atoms with van der Waals surface area (Å²) in [7, 11) is 1.79. The van der Waals surface area contributed by atoms with E-state index in [9.17, 15) is 5.11 Å². The molecule has 0 fully saturated rings. The molecule has 0 saturated heterocycles. The van der Waals surface area contributed by atoms with Crippen molar-refractivity contribution in [3.05, 3.63) is 0 Å². The lowest BCUT2D eigenvalue weighted by Crippen LogP contribution is -2.39. The molecule has 2 heteroatoms. The SMILES string of the molecule is CC(C)(C)C(O)C(C)(C)C.COC(C(C)(C)C)C(C)(C)C. The molecule has 0 bridgehead atoms. The minimum atomic E-state index is -0.236. The van der Waals surface area contributed by atoms with Gasteiger partial charge in [0.1, 0.15) is 0 Å². The van der Waals surface area contributed by atoms with Gasteiger partial charge < -0.3 is 9.84 Å². The molecule has 0 rings (SSSR count). The summed E-state index contributed by atoms with van der Waals surface area (Å²) in [5, 5.41) is 9.72. The maximum absolute atomic E-state index is 9.72. The molecule has 0 unspecified atom stereocenters. The second-order valence-corrected chi connectivity index (χ2v) is 10.5. The third kappa shape index (κ3) is 9.52. The zero-order valence-corrected chi connectivity index (χ0v) is 17.0. The van der Waals surface area contributed by atoms with Gasteiger partial charge in [-0.1, -0.05) is 83.1 Å². The van der Waals surface area contributed by atoms with Gasteiger partial charge in [0.25, 0.3) is 0 Å². The summed E-state index contributed by atoms with van der Waals surface area (Å²) in [6.07, 6.45) is 0.0787. The first kappa shape index (κ1) is 23.2. The average molecular weight is 303 g/mol. The molecule has 0 spiro atoms. The molecule has 0 heterocycles. The molecule has 0 aromatic carbocycles. The van der Waals surface area contributed by atoms with Crippen molar-refractivity contribution < 1.29 is 9.84 Å². The molecule has 0 aliphatic rings. The van der Waals surface area contributed by atoms with E-state index < -0.39 is 0 Å². The third-order valence-corrected chi connectivity index (χ3v) is 3.45. The van der Waals surface area contributed by atoms with Gasteiger partial charge in [-0.15, -0.1) is 0 Å². The van der Waals surface area contributed by atoms with Crippen LogP contribution in [0.5, 0.6) is 0 Å². The van der Waals surface area contributed by atoms with Crippen LogP contribution in [0.1, 0.15) is 83.1 Å². The van der Waals surface area contributed by atoms with Crippen molar-refractivity contribution in [1.29, 1.82) is 0 Å². The summed E-state index contributed by atoms with van der Waals surface area (Å²) < 4.78 is 5.48. The van der Waals surface area contributed by atoms with E-state index in [0.717, 1.165) is 0 Å². The van der Waals surface area contributed by atoms with Crippen molar-refractivity contribution in [3.63, 3.8) is 0 Å². The Morgan fingerprint density at radius 1 is 0.571 bits per heavy atom. The van der Waals surface area contributed by atoms with E-state index in [2.05, 4.69) is 83.1 Å². The molecule has 0 saturated carbocycles. The van der Waals surface area contributed by atoms with Crippen molar-refractivity contribution in [2.45, 2.75) is 95.3 Å². The number of methoxy groups -OCH3 is 1. The summed E-state index contributed by atoms with van der Waals surface area (Å²) in [6, 6.07) is 0. The lowest BCUT2D eigenvalue weighted by molar-refractivity contribution is -0.0562. The number of ether oxygens (including phenoxy) is 1. The molecule has 0 aliphatic carbocycles. The highest BCUT2D eigenvalue weighted by molar-refractivity contribution is 4.84. The summed E-state index contributed by atoms with van der Waals surface area (Å²) in [5.41, 5.74) is 0.455. The maximum atomic E-state index is 9.72. The first-order chi connectivity index (χ1) is 8.85. The van der Waals surface area contributed by atoms with Crippen LogP contribution in [0.15, 0.2) is 0 Å². The molecule has 0 amide bonds. The molecule has 0 aromatic heterocycles. The fraction of sp³-hybridized carbons (Fsp3) is 1.00. The van der Waals surface area contributed by atoms with Crippen LogP contribution < -0.4 is 0 Å². The minimum absolute atomic E-state index is 0.00174. The van der Waals surface area contributed by atoms with Gasteiger partial charge in [0, 0.05) is 7.11 Å². The quantitative estimate of drug-likeness (QED) is 0.689. The highest BCUT2D eigenvalue weighted by atomic mass is 16.5. The highest BCUT2D eigenvalue weighted by Crippen LogP contribution is 2.35. The first-order valence-corrected chi connectivity index (χ1v) is 8.06. The van der Waals surface area contributed by atoms with Crippen LogP contribution >= 0.6 is 0 Å². The minimum Gasteiger partial charge on any atom is -0.392 e. The van der Waals surface area contributed by atoms with E-state index in [1.807, 2.05) is 0 Å². The Morgan fingerprint density at radius 2 is 0.810 bits per heavy atom. The van der Waals surface area contributed by atoms with Gasteiger partial charge in [-0.25, -0.2) is 0 Å². The van der Waals surface area contributed by atoms with Crippen LogP contribution in [-0.4, -0.2) is 24.4 Å². The number of aliphatic hydroxyl groups is 1. The lowest BCUT2D eigenvalue weighted by atomic mass is 9.74. The zero-order chi connectivity index (χ0) is 17.9. The predicted molar refractivity (Wildman–Crippen MR) is 94.6 cm³/mol. The smallest absolute Gasteiger partial charge is 0.0667 e. The first-order valence-electron chi connectivity index (χ1n) is 8.06. The van der Waals surface area contributed by atoms with Crippen LogP contribution in [0, 0.1) is 21.7 Å². The average Bonchev–Trinajstić information content (AvgIpc) is 2.10. The van der Waals surface area contributed by atoms with Gasteiger partial charge in [-0.05, 0) is 21.7 Å². The molecule has 0 radical (unpaired) electrons. The van der Waals surface area contributed by atoms with Gasteiger partial charge >= 0.3 is 0 Å². The normalized spacial score (nSPS) is 14.3. The summed E-state index contributed by atoms with van der Waals surface area (Å²) >= 11 is 0. The number of hydrogen-bond donors (Lipinski definition) is 1. The van der Waals surface area contributed by atoms with E-state index in [1.54, 1.807) is 7.11 Å². The Bertz CT molecular complexity index is 251. The van der Waals surface area contributed by atoms with Crippen LogP contribution in [0.25, 0.3) is 0 Å². The molecule has 0 atom stereocenters. The van der Waals surface area contributed by atoms with E-state index >= 15 is 0 Å². The zero-order valence-electron chi connectivity index (χ0n) is 17.0. The van der Waals surface area contributed by atoms with Gasteiger partial charge in [0.2, 0.25) is 0 Å². The Labute approximate surface area is 134 Å². The largest absolute Gasteiger partial charge is 0.392 e. The van der Waals surface area contributed by atoms with Gasteiger partial charge in [0.05, 0.1) is 12.2 Å².